The van der Waals surface area contributed by atoms with Crippen molar-refractivity contribution in [3.05, 3.63) is 0 Å². The van der Waals surface area contributed by atoms with Gasteiger partial charge in [-0.2, -0.15) is 0 Å². The Morgan fingerprint density at radius 3 is 1.25 bits per heavy atom. The third kappa shape index (κ3) is 9.49. The minimum atomic E-state index is 0. The molecule has 0 aromatic carbocycles. The molecule has 4 heteroatoms. The Kier molecular flexibility index (Phi) is 20.2. The quantitative estimate of drug-likeness (QED) is 0.609. The van der Waals surface area contributed by atoms with Crippen LogP contribution in [0.1, 0.15) is 0 Å². The zero-order valence-electron chi connectivity index (χ0n) is 1.57. The summed E-state index contributed by atoms with van der Waals surface area (Å²) in [5, 5.41) is 0. The summed E-state index contributed by atoms with van der Waals surface area (Å²) < 4.78 is 3.88. The number of halogens is 2. The smallest absolute Gasteiger partial charge is 0.115 e. The van der Waals surface area contributed by atoms with Gasteiger partial charge in [-0.05, 0) is 0 Å². The average molecular weight is 272 g/mol. The fourth-order valence-corrected chi connectivity index (χ4v) is 0. The number of hydrogen-bond donors (Lipinski definition) is 0. The van der Waals surface area contributed by atoms with Crippen molar-refractivity contribution in [3.63, 3.8) is 0 Å². The Balaban J connectivity index is 0. The van der Waals surface area contributed by atoms with Crippen molar-refractivity contribution in [2.75, 3.05) is 0 Å². The summed E-state index contributed by atoms with van der Waals surface area (Å²) in [7, 11) is 0. The van der Waals surface area contributed by atoms with Crippen LogP contribution in [-0.4, -0.2) is 0 Å². The van der Waals surface area contributed by atoms with Gasteiger partial charge in [-0.15, -0.1) is 0 Å². The van der Waals surface area contributed by atoms with E-state index in [2.05, 4.69) is 35.4 Å². The molecule has 0 unspecified atom stereocenters. The van der Waals surface area contributed by atoms with Gasteiger partial charge in [-0.3, -0.25) is 0 Å². The molecule has 0 saturated carbocycles. The first-order valence-electron chi connectivity index (χ1n) is 0.309. The third-order valence-corrected chi connectivity index (χ3v) is 0. The van der Waals surface area contributed by atoms with Gasteiger partial charge < -0.3 is 0 Å². The van der Waals surface area contributed by atoms with E-state index in [4.69, 9.17) is 0 Å². The minimum Gasteiger partial charge on any atom is -0.230 e. The van der Waals surface area contributed by atoms with Gasteiger partial charge in [0.2, 0.25) is 0 Å². The molecule has 0 radical (unpaired) electrons. The molecule has 0 spiro atoms. The second kappa shape index (κ2) is 8.82. The van der Waals surface area contributed by atoms with Gasteiger partial charge in [0.15, 0.2) is 0 Å². The summed E-state index contributed by atoms with van der Waals surface area (Å²) in [6.45, 7) is 0. The average Bonchev–Trinajstić information content (AvgIpc) is 0.918. The Bertz CT molecular complexity index is 6.00. The van der Waals surface area contributed by atoms with Gasteiger partial charge in [0.05, 0.1) is 0 Å². The zero-order chi connectivity index (χ0) is 2.71. The van der Waals surface area contributed by atoms with Gasteiger partial charge in [0.25, 0.3) is 0 Å². The molecule has 0 rings (SSSR count). The van der Waals surface area contributed by atoms with Crippen molar-refractivity contribution in [2.24, 2.45) is 0 Å². The van der Waals surface area contributed by atoms with E-state index in [1.165, 1.54) is 0 Å². The van der Waals surface area contributed by atoms with Crippen molar-refractivity contribution in [2.45, 2.75) is 0 Å². The molecule has 0 aliphatic heterocycles. The first-order chi connectivity index (χ1) is 1.41. The Labute approximate surface area is 56.3 Å². The van der Waals surface area contributed by atoms with Crippen LogP contribution < -0.4 is 0 Å². The van der Waals surface area contributed by atoms with Gasteiger partial charge in [-0.1, -0.05) is 0 Å². The van der Waals surface area contributed by atoms with E-state index in [-0.39, 0.29) is 21.1 Å². The number of rotatable bonds is 0. The molecule has 0 aromatic heterocycles. The maximum atomic E-state index is 3.88. The molecule has 0 aliphatic rings. The van der Waals surface area contributed by atoms with E-state index in [0.717, 1.165) is 0 Å². The summed E-state index contributed by atoms with van der Waals surface area (Å²) in [5.74, 6) is 0. The van der Waals surface area contributed by atoms with Crippen LogP contribution in [0.3, 0.4) is 0 Å². The normalized spacial score (nSPS) is 4.50. The predicted octanol–water partition coefficient (Wildman–Crippen LogP) is 1.62. The van der Waals surface area contributed by atoms with Crippen LogP contribution in [0.25, 0.3) is 0 Å². The monoisotopic (exact) mass is 272 g/mol. The maximum Gasteiger partial charge on any atom is 0.115 e. The molecule has 0 saturated heterocycles. The van der Waals surface area contributed by atoms with Gasteiger partial charge in [0, 0.05) is 21.1 Å². The Hall–Kier alpha value is 1.61. The zero-order valence-corrected chi connectivity index (χ0v) is 6.75. The van der Waals surface area contributed by atoms with Crippen LogP contribution in [0.15, 0.2) is 0 Å². The fourth-order valence-electron chi connectivity index (χ4n) is 0. The van der Waals surface area contributed by atoms with Crippen LogP contribution in [0.4, 0.5) is 0 Å². The first-order valence-corrected chi connectivity index (χ1v) is 1.60. The SMILES string of the molecule is BrOBr.[Mo]. The standard InChI is InChI=1S/Br2O.Mo/c1-3-2;. The molecule has 26 valence electrons. The molecule has 0 heterocycles. The largest absolute Gasteiger partial charge is 0.230 e. The molecule has 0 atom stereocenters. The molecule has 0 bridgehead atoms. The third-order valence-electron chi connectivity index (χ3n) is 0. The second-order valence-corrected chi connectivity index (χ2v) is 1.57. The number of hydrogen-bond acceptors (Lipinski definition) is 1. The molecule has 0 fully saturated rings. The molecular formula is Br2MoO. The second-order valence-electron chi connectivity index (χ2n) is 0.0583. The molecule has 1 nitrogen and oxygen atoms in total. The van der Waals surface area contributed by atoms with Gasteiger partial charge >= 0.3 is 0 Å². The van der Waals surface area contributed by atoms with Crippen molar-refractivity contribution < 1.29 is 24.0 Å². The summed E-state index contributed by atoms with van der Waals surface area (Å²) in [4.78, 5) is 0. The van der Waals surface area contributed by atoms with Crippen LogP contribution in [0.5, 0.6) is 0 Å². The van der Waals surface area contributed by atoms with Crippen LogP contribution in [0.2, 0.25) is 0 Å². The van der Waals surface area contributed by atoms with E-state index < -0.39 is 0 Å². The van der Waals surface area contributed by atoms with E-state index >= 15 is 0 Å². The summed E-state index contributed by atoms with van der Waals surface area (Å²) in [6, 6.07) is 0. The molecular weight excluding hydrogens is 272 g/mol. The molecule has 0 amide bonds. The Morgan fingerprint density at radius 1 is 1.25 bits per heavy atom. The molecule has 0 aromatic rings. The van der Waals surface area contributed by atoms with Gasteiger partial charge in [-0.25, -0.2) is 2.92 Å². The first kappa shape index (κ1) is 9.15. The predicted molar refractivity (Wildman–Crippen MR) is 18.9 cm³/mol. The van der Waals surface area contributed by atoms with E-state index in [1.807, 2.05) is 0 Å². The molecule has 0 aliphatic carbocycles. The fraction of sp³-hybridized carbons (Fsp3) is 0. The van der Waals surface area contributed by atoms with E-state index in [9.17, 15) is 0 Å². The van der Waals surface area contributed by atoms with Crippen molar-refractivity contribution in [3.8, 4) is 0 Å². The summed E-state index contributed by atoms with van der Waals surface area (Å²) in [6.07, 6.45) is 0. The summed E-state index contributed by atoms with van der Waals surface area (Å²) >= 11 is 5.12. The topological polar surface area (TPSA) is 9.23 Å². The van der Waals surface area contributed by atoms with E-state index in [1.54, 1.807) is 0 Å². The summed E-state index contributed by atoms with van der Waals surface area (Å²) in [5.41, 5.74) is 0. The van der Waals surface area contributed by atoms with Gasteiger partial charge in [0.1, 0.15) is 32.5 Å². The van der Waals surface area contributed by atoms with E-state index in [0.29, 0.717) is 0 Å². The van der Waals surface area contributed by atoms with Crippen molar-refractivity contribution >= 4 is 32.5 Å². The Morgan fingerprint density at radius 2 is 1.25 bits per heavy atom. The van der Waals surface area contributed by atoms with Crippen LogP contribution in [0, 0.1) is 0 Å². The van der Waals surface area contributed by atoms with Crippen LogP contribution >= 0.6 is 32.5 Å². The van der Waals surface area contributed by atoms with Crippen molar-refractivity contribution in [1.29, 1.82) is 0 Å². The van der Waals surface area contributed by atoms with Crippen molar-refractivity contribution in [1.82, 2.24) is 0 Å². The molecule has 0 N–H and O–H groups in total. The van der Waals surface area contributed by atoms with Crippen LogP contribution in [-0.2, 0) is 24.0 Å². The maximum absolute atomic E-state index is 3.88. The molecule has 4 heavy (non-hydrogen) atoms. The minimum absolute atomic E-state index is 0.